The highest BCUT2D eigenvalue weighted by Crippen LogP contribution is 2.36. The molecule has 33 heavy (non-hydrogen) atoms. The van der Waals surface area contributed by atoms with Crippen LogP contribution in [0.4, 0.5) is 28.0 Å². The van der Waals surface area contributed by atoms with Crippen LogP contribution in [0, 0.1) is 5.82 Å². The van der Waals surface area contributed by atoms with Crippen molar-refractivity contribution < 1.29 is 27.1 Å². The van der Waals surface area contributed by atoms with Crippen LogP contribution in [0.15, 0.2) is 55.0 Å². The number of fused-ring (bicyclic) bond motifs is 2. The normalized spacial score (nSPS) is 13.2. The first-order valence-corrected chi connectivity index (χ1v) is 10.8. The summed E-state index contributed by atoms with van der Waals surface area (Å²) >= 11 is 1.72. The summed E-state index contributed by atoms with van der Waals surface area (Å²) in [5.41, 5.74) is 0.343. The minimum absolute atomic E-state index is 0.468. The minimum atomic E-state index is -4.87. The number of anilines is 1. The van der Waals surface area contributed by atoms with Crippen LogP contribution < -0.4 is 10.1 Å². The Morgan fingerprint density at radius 3 is 2.79 bits per heavy atom. The fourth-order valence-corrected chi connectivity index (χ4v) is 4.57. The molecule has 1 aliphatic rings. The van der Waals surface area contributed by atoms with Crippen LogP contribution in [0.2, 0.25) is 0 Å². The highest BCUT2D eigenvalue weighted by molar-refractivity contribution is 7.98. The van der Waals surface area contributed by atoms with Crippen molar-refractivity contribution in [1.29, 1.82) is 0 Å². The van der Waals surface area contributed by atoms with Crippen LogP contribution in [0.5, 0.6) is 11.6 Å². The van der Waals surface area contributed by atoms with Crippen molar-refractivity contribution in [2.75, 3.05) is 5.32 Å². The van der Waals surface area contributed by atoms with E-state index in [9.17, 15) is 22.4 Å². The quantitative estimate of drug-likeness (QED) is 0.358. The van der Waals surface area contributed by atoms with Gasteiger partial charge in [0.2, 0.25) is 5.88 Å². The predicted molar refractivity (Wildman–Crippen MR) is 115 cm³/mol. The van der Waals surface area contributed by atoms with Crippen molar-refractivity contribution >= 4 is 34.4 Å². The number of benzene rings is 2. The Kier molecular flexibility index (Phi) is 5.20. The van der Waals surface area contributed by atoms with E-state index in [0.717, 1.165) is 34.9 Å². The number of ether oxygens (including phenoxy) is 1. The zero-order valence-electron chi connectivity index (χ0n) is 16.7. The van der Waals surface area contributed by atoms with Gasteiger partial charge in [-0.15, -0.1) is 0 Å². The molecular weight excluding hydrogens is 460 g/mol. The lowest BCUT2D eigenvalue weighted by molar-refractivity contribution is -0.139. The van der Waals surface area contributed by atoms with Gasteiger partial charge in [-0.1, -0.05) is 6.07 Å². The Labute approximate surface area is 188 Å². The molecule has 0 fully saturated rings. The summed E-state index contributed by atoms with van der Waals surface area (Å²) in [4.78, 5) is 21.1. The molecule has 0 aliphatic carbocycles. The first kappa shape index (κ1) is 21.3. The van der Waals surface area contributed by atoms with Gasteiger partial charge in [0, 0.05) is 28.7 Å². The molecule has 0 saturated carbocycles. The summed E-state index contributed by atoms with van der Waals surface area (Å²) in [7, 11) is 0. The van der Waals surface area contributed by atoms with E-state index in [1.165, 1.54) is 17.1 Å². The molecule has 0 radical (unpaired) electrons. The molecule has 11 heteroatoms. The lowest BCUT2D eigenvalue weighted by Gasteiger charge is -2.13. The molecule has 3 heterocycles. The van der Waals surface area contributed by atoms with Crippen LogP contribution in [-0.4, -0.2) is 20.6 Å². The fourth-order valence-electron chi connectivity index (χ4n) is 3.53. The zero-order chi connectivity index (χ0) is 23.2. The summed E-state index contributed by atoms with van der Waals surface area (Å²) < 4.78 is 60.2. The second-order valence-corrected chi connectivity index (χ2v) is 8.19. The van der Waals surface area contributed by atoms with Gasteiger partial charge in [-0.05, 0) is 36.4 Å². The third kappa shape index (κ3) is 3.99. The Morgan fingerprint density at radius 2 is 1.97 bits per heavy atom. The Bertz CT molecular complexity index is 1390. The summed E-state index contributed by atoms with van der Waals surface area (Å²) in [6.45, 7) is 0. The fraction of sp³-hybridized carbons (Fsp3) is 0.136. The Hall–Kier alpha value is -3.60. The Morgan fingerprint density at radius 1 is 1.12 bits per heavy atom. The highest BCUT2D eigenvalue weighted by atomic mass is 32.2. The zero-order valence-corrected chi connectivity index (χ0v) is 17.5. The van der Waals surface area contributed by atoms with Crippen LogP contribution in [0.3, 0.4) is 0 Å². The van der Waals surface area contributed by atoms with E-state index in [0.29, 0.717) is 28.6 Å². The van der Waals surface area contributed by atoms with Crippen molar-refractivity contribution in [3.63, 3.8) is 0 Å². The molecule has 168 valence electrons. The molecule has 0 spiro atoms. The second kappa shape index (κ2) is 8.07. The number of aromatic nitrogens is 3. The van der Waals surface area contributed by atoms with E-state index in [2.05, 4.69) is 15.3 Å². The second-order valence-electron chi connectivity index (χ2n) is 7.20. The molecule has 4 aromatic rings. The number of alkyl halides is 3. The maximum atomic E-state index is 14.3. The van der Waals surface area contributed by atoms with Gasteiger partial charge in [0.25, 0.3) is 0 Å². The monoisotopic (exact) mass is 474 g/mol. The molecular formula is C22H14F4N4O2S. The Balaban J connectivity index is 1.40. The van der Waals surface area contributed by atoms with Gasteiger partial charge in [0.1, 0.15) is 12.1 Å². The van der Waals surface area contributed by atoms with Crippen LogP contribution >= 0.6 is 11.8 Å². The number of rotatable bonds is 3. The van der Waals surface area contributed by atoms with Gasteiger partial charge in [0.15, 0.2) is 5.82 Å². The molecule has 1 N–H and O–H groups in total. The van der Waals surface area contributed by atoms with Gasteiger partial charge < -0.3 is 10.1 Å². The van der Waals surface area contributed by atoms with Gasteiger partial charge >= 0.3 is 12.2 Å². The lowest BCUT2D eigenvalue weighted by Crippen LogP contribution is -2.20. The number of nitrogens with zero attached hydrogens (tertiary/aromatic N) is 3. The van der Waals surface area contributed by atoms with Crippen molar-refractivity contribution in [3.05, 3.63) is 77.6 Å². The molecule has 1 amide bonds. The van der Waals surface area contributed by atoms with Gasteiger partial charge in [-0.3, -0.25) is 4.57 Å². The number of carbonyl (C=O) groups excluding carboxylic acids is 1. The number of halogens is 4. The predicted octanol–water partition coefficient (Wildman–Crippen LogP) is 6.21. The topological polar surface area (TPSA) is 69.0 Å². The minimum Gasteiger partial charge on any atom is -0.439 e. The number of amides is 1. The van der Waals surface area contributed by atoms with E-state index in [1.807, 2.05) is 0 Å². The summed E-state index contributed by atoms with van der Waals surface area (Å²) in [6, 6.07) is 8.53. The standard InChI is InChI=1S/C22H14F4N4O2S/c23-19-15(22(24,25)26)2-1-3-16(19)29-21(31)30-7-6-12-8-13(4-5-18(12)30)32-20-14-9-33-10-17(14)27-11-28-20/h1-8,11H,9-10H2,(H,29,31). The number of nitrogens with one attached hydrogen (secondary N) is 1. The van der Waals surface area contributed by atoms with Gasteiger partial charge in [-0.25, -0.2) is 19.2 Å². The average molecular weight is 474 g/mol. The summed E-state index contributed by atoms with van der Waals surface area (Å²) in [5.74, 6) is 0.999. The molecule has 5 rings (SSSR count). The molecule has 1 aliphatic heterocycles. The van der Waals surface area contributed by atoms with Crippen molar-refractivity contribution in [2.24, 2.45) is 0 Å². The summed E-state index contributed by atoms with van der Waals surface area (Å²) in [5, 5.41) is 2.84. The molecule has 6 nitrogen and oxygen atoms in total. The van der Waals surface area contributed by atoms with Crippen molar-refractivity contribution in [1.82, 2.24) is 14.5 Å². The molecule has 2 aromatic heterocycles. The largest absolute Gasteiger partial charge is 0.439 e. The first-order chi connectivity index (χ1) is 15.8. The van der Waals surface area contributed by atoms with Crippen LogP contribution in [0.25, 0.3) is 10.9 Å². The van der Waals surface area contributed by atoms with Crippen LogP contribution in [-0.2, 0) is 17.7 Å². The highest BCUT2D eigenvalue weighted by Gasteiger charge is 2.35. The lowest BCUT2D eigenvalue weighted by atomic mass is 10.2. The number of carbonyl (C=O) groups is 1. The van der Waals surface area contributed by atoms with E-state index >= 15 is 0 Å². The summed E-state index contributed by atoms with van der Waals surface area (Å²) in [6.07, 6.45) is -1.98. The average Bonchev–Trinajstić information content (AvgIpc) is 3.41. The third-order valence-electron chi connectivity index (χ3n) is 5.12. The molecule has 0 unspecified atom stereocenters. The van der Waals surface area contributed by atoms with E-state index in [4.69, 9.17) is 4.74 Å². The maximum Gasteiger partial charge on any atom is 0.419 e. The van der Waals surface area contributed by atoms with E-state index in [1.54, 1.807) is 36.0 Å². The van der Waals surface area contributed by atoms with Gasteiger partial charge in [-0.2, -0.15) is 24.9 Å². The molecule has 0 bridgehead atoms. The van der Waals surface area contributed by atoms with E-state index in [-0.39, 0.29) is 0 Å². The number of hydrogen-bond acceptors (Lipinski definition) is 5. The SMILES string of the molecule is O=C(Nc1cccc(C(F)(F)F)c1F)n1ccc2cc(Oc3ncnc4c3CSC4)ccc21. The molecule has 2 aromatic carbocycles. The number of hydrogen-bond donors (Lipinski definition) is 1. The number of thioether (sulfide) groups is 1. The van der Waals surface area contributed by atoms with Crippen molar-refractivity contribution in [3.8, 4) is 11.6 Å². The van der Waals surface area contributed by atoms with Crippen LogP contribution in [0.1, 0.15) is 16.8 Å². The first-order valence-electron chi connectivity index (χ1n) is 9.68. The smallest absolute Gasteiger partial charge is 0.419 e. The molecule has 0 atom stereocenters. The van der Waals surface area contributed by atoms with Crippen molar-refractivity contribution in [2.45, 2.75) is 17.7 Å². The van der Waals surface area contributed by atoms with E-state index < -0.39 is 29.3 Å². The third-order valence-corrected chi connectivity index (χ3v) is 6.09. The molecule has 0 saturated heterocycles. The maximum absolute atomic E-state index is 14.3. The van der Waals surface area contributed by atoms with Gasteiger partial charge in [0.05, 0.1) is 22.5 Å².